The minimum absolute atomic E-state index is 0.151. The summed E-state index contributed by atoms with van der Waals surface area (Å²) < 4.78 is 0. The first-order valence-electron chi connectivity index (χ1n) is 9.85. The van der Waals surface area contributed by atoms with Gasteiger partial charge in [-0.25, -0.2) is 4.79 Å². The second-order valence-corrected chi connectivity index (χ2v) is 8.41. The lowest BCUT2D eigenvalue weighted by Gasteiger charge is -2.31. The van der Waals surface area contributed by atoms with Gasteiger partial charge in [-0.1, -0.05) is 37.5 Å². The van der Waals surface area contributed by atoms with E-state index in [2.05, 4.69) is 32.7 Å². The lowest BCUT2D eigenvalue weighted by atomic mass is 9.90. The first-order chi connectivity index (χ1) is 12.2. The third kappa shape index (κ3) is 5.64. The van der Waals surface area contributed by atoms with E-state index in [4.69, 9.17) is 0 Å². The van der Waals surface area contributed by atoms with Crippen LogP contribution in [0.15, 0.2) is 0 Å². The SMILES string of the molecule is CCCN1CCC(CNC(=O)Nc2nnc(C3CCCCC3)s2)CC1. The maximum atomic E-state index is 12.1. The van der Waals surface area contributed by atoms with E-state index in [1.165, 1.54) is 69.2 Å². The molecule has 1 aromatic rings. The predicted octanol–water partition coefficient (Wildman–Crippen LogP) is 3.83. The minimum Gasteiger partial charge on any atom is -0.338 e. The van der Waals surface area contributed by atoms with Crippen molar-refractivity contribution in [2.24, 2.45) is 5.92 Å². The molecule has 0 spiro atoms. The number of aromatic nitrogens is 2. The number of hydrogen-bond donors (Lipinski definition) is 2. The van der Waals surface area contributed by atoms with E-state index >= 15 is 0 Å². The molecular weight excluding hydrogens is 334 g/mol. The van der Waals surface area contributed by atoms with Crippen LogP contribution in [0.1, 0.15) is 69.2 Å². The highest BCUT2D eigenvalue weighted by Gasteiger charge is 2.21. The van der Waals surface area contributed by atoms with E-state index in [9.17, 15) is 4.79 Å². The van der Waals surface area contributed by atoms with Crippen molar-refractivity contribution in [3.63, 3.8) is 0 Å². The van der Waals surface area contributed by atoms with Gasteiger partial charge in [0, 0.05) is 12.5 Å². The molecule has 2 N–H and O–H groups in total. The molecule has 2 heterocycles. The van der Waals surface area contributed by atoms with Crippen LogP contribution in [0.3, 0.4) is 0 Å². The normalized spacial score (nSPS) is 20.5. The molecule has 7 heteroatoms. The van der Waals surface area contributed by atoms with Gasteiger partial charge in [-0.2, -0.15) is 0 Å². The fourth-order valence-corrected chi connectivity index (χ4v) is 4.82. The van der Waals surface area contributed by atoms with Gasteiger partial charge in [0.05, 0.1) is 0 Å². The van der Waals surface area contributed by atoms with Gasteiger partial charge in [0.25, 0.3) is 0 Å². The van der Waals surface area contributed by atoms with Crippen molar-refractivity contribution >= 4 is 22.5 Å². The highest BCUT2D eigenvalue weighted by atomic mass is 32.1. The van der Waals surface area contributed by atoms with Gasteiger partial charge < -0.3 is 10.2 Å². The first kappa shape index (κ1) is 18.6. The van der Waals surface area contributed by atoms with Crippen LogP contribution in [0.5, 0.6) is 0 Å². The fourth-order valence-electron chi connectivity index (χ4n) is 3.91. The second-order valence-electron chi connectivity index (χ2n) is 7.40. The van der Waals surface area contributed by atoms with Crippen LogP contribution >= 0.6 is 11.3 Å². The molecule has 3 rings (SSSR count). The highest BCUT2D eigenvalue weighted by molar-refractivity contribution is 7.15. The summed E-state index contributed by atoms with van der Waals surface area (Å²) in [6.45, 7) is 6.48. The summed E-state index contributed by atoms with van der Waals surface area (Å²) in [5.74, 6) is 1.13. The number of nitrogens with zero attached hydrogens (tertiary/aromatic N) is 3. The standard InChI is InChI=1S/C18H31N5OS/c1-2-10-23-11-8-14(9-12-23)13-19-17(24)20-18-22-21-16(25-18)15-6-4-3-5-7-15/h14-15H,2-13H2,1H3,(H2,19,20,22,24). The smallest absolute Gasteiger partial charge is 0.321 e. The Kier molecular flexibility index (Phi) is 7.04. The fraction of sp³-hybridized carbons (Fsp3) is 0.833. The van der Waals surface area contributed by atoms with Crippen molar-refractivity contribution in [3.8, 4) is 0 Å². The minimum atomic E-state index is -0.151. The molecule has 140 valence electrons. The topological polar surface area (TPSA) is 70.2 Å². The van der Waals surface area contributed by atoms with Crippen molar-refractivity contribution in [2.45, 2.75) is 64.2 Å². The molecule has 0 radical (unpaired) electrons. The van der Waals surface area contributed by atoms with E-state index in [0.29, 0.717) is 17.0 Å². The van der Waals surface area contributed by atoms with E-state index in [1.54, 1.807) is 0 Å². The Balaban J connectivity index is 1.37. The number of carbonyl (C=O) groups excluding carboxylic acids is 1. The van der Waals surface area contributed by atoms with Crippen molar-refractivity contribution in [1.82, 2.24) is 20.4 Å². The van der Waals surface area contributed by atoms with Gasteiger partial charge in [0.15, 0.2) is 0 Å². The molecule has 0 atom stereocenters. The Morgan fingerprint density at radius 1 is 1.16 bits per heavy atom. The van der Waals surface area contributed by atoms with E-state index in [-0.39, 0.29) is 6.03 Å². The summed E-state index contributed by atoms with van der Waals surface area (Å²) in [5, 5.41) is 16.0. The monoisotopic (exact) mass is 365 g/mol. The highest BCUT2D eigenvalue weighted by Crippen LogP contribution is 2.35. The zero-order valence-electron chi connectivity index (χ0n) is 15.3. The molecular formula is C18H31N5OS. The van der Waals surface area contributed by atoms with Crippen LogP contribution in [-0.2, 0) is 0 Å². The largest absolute Gasteiger partial charge is 0.338 e. The average molecular weight is 366 g/mol. The molecule has 0 aromatic carbocycles. The summed E-state index contributed by atoms with van der Waals surface area (Å²) in [6, 6.07) is -0.151. The summed E-state index contributed by atoms with van der Waals surface area (Å²) in [7, 11) is 0. The third-order valence-corrected chi connectivity index (χ3v) is 6.41. The molecule has 6 nitrogen and oxygen atoms in total. The van der Waals surface area contributed by atoms with Crippen LogP contribution in [0.25, 0.3) is 0 Å². The van der Waals surface area contributed by atoms with Gasteiger partial charge in [0.2, 0.25) is 5.13 Å². The van der Waals surface area contributed by atoms with Crippen molar-refractivity contribution in [3.05, 3.63) is 5.01 Å². The third-order valence-electron chi connectivity index (χ3n) is 5.41. The van der Waals surface area contributed by atoms with Crippen LogP contribution in [0.4, 0.5) is 9.93 Å². The molecule has 1 aromatic heterocycles. The first-order valence-corrected chi connectivity index (χ1v) is 10.7. The van der Waals surface area contributed by atoms with Crippen LogP contribution in [0.2, 0.25) is 0 Å². The Hall–Kier alpha value is -1.21. The second kappa shape index (κ2) is 9.48. The van der Waals surface area contributed by atoms with Crippen molar-refractivity contribution in [1.29, 1.82) is 0 Å². The molecule has 0 unspecified atom stereocenters. The van der Waals surface area contributed by atoms with Gasteiger partial charge in [-0.3, -0.25) is 5.32 Å². The predicted molar refractivity (Wildman–Crippen MR) is 102 cm³/mol. The summed E-state index contributed by atoms with van der Waals surface area (Å²) in [4.78, 5) is 14.6. The van der Waals surface area contributed by atoms with Crippen LogP contribution in [-0.4, -0.2) is 47.3 Å². The number of amides is 2. The molecule has 1 saturated carbocycles. The van der Waals surface area contributed by atoms with Gasteiger partial charge in [-0.15, -0.1) is 10.2 Å². The molecule has 1 aliphatic heterocycles. The van der Waals surface area contributed by atoms with Crippen LogP contribution < -0.4 is 10.6 Å². The Morgan fingerprint density at radius 3 is 2.64 bits per heavy atom. The Labute approximate surface area is 154 Å². The van der Waals surface area contributed by atoms with E-state index in [1.807, 2.05) is 0 Å². The maximum absolute atomic E-state index is 12.1. The van der Waals surface area contributed by atoms with E-state index in [0.717, 1.165) is 24.6 Å². The lowest BCUT2D eigenvalue weighted by Crippen LogP contribution is -2.40. The van der Waals surface area contributed by atoms with E-state index < -0.39 is 0 Å². The summed E-state index contributed by atoms with van der Waals surface area (Å²) >= 11 is 1.53. The number of urea groups is 1. The molecule has 0 bridgehead atoms. The number of likely N-dealkylation sites (tertiary alicyclic amines) is 1. The lowest BCUT2D eigenvalue weighted by molar-refractivity contribution is 0.182. The van der Waals surface area contributed by atoms with Gasteiger partial charge in [-0.05, 0) is 57.7 Å². The zero-order chi connectivity index (χ0) is 17.5. The quantitative estimate of drug-likeness (QED) is 0.804. The number of piperidine rings is 1. The zero-order valence-corrected chi connectivity index (χ0v) is 16.1. The molecule has 2 fully saturated rings. The molecule has 2 amide bonds. The summed E-state index contributed by atoms with van der Waals surface area (Å²) in [5.41, 5.74) is 0. The maximum Gasteiger partial charge on any atom is 0.321 e. The van der Waals surface area contributed by atoms with Gasteiger partial charge in [0.1, 0.15) is 5.01 Å². The Morgan fingerprint density at radius 2 is 1.92 bits per heavy atom. The molecule has 2 aliphatic rings. The number of nitrogens with one attached hydrogen (secondary N) is 2. The summed E-state index contributed by atoms with van der Waals surface area (Å²) in [6.07, 6.45) is 9.87. The molecule has 1 aliphatic carbocycles. The Bertz CT molecular complexity index is 535. The number of hydrogen-bond acceptors (Lipinski definition) is 5. The molecule has 1 saturated heterocycles. The number of anilines is 1. The number of carbonyl (C=O) groups is 1. The van der Waals surface area contributed by atoms with Crippen molar-refractivity contribution in [2.75, 3.05) is 31.5 Å². The van der Waals surface area contributed by atoms with Crippen molar-refractivity contribution < 1.29 is 4.79 Å². The molecule has 25 heavy (non-hydrogen) atoms. The average Bonchev–Trinajstić information content (AvgIpc) is 3.11. The number of rotatable bonds is 6. The van der Waals surface area contributed by atoms with Crippen LogP contribution in [0, 0.1) is 5.92 Å². The van der Waals surface area contributed by atoms with Gasteiger partial charge >= 0.3 is 6.03 Å².